The Morgan fingerprint density at radius 2 is 1.75 bits per heavy atom. The summed E-state index contributed by atoms with van der Waals surface area (Å²) in [4.78, 5) is 40.1. The van der Waals surface area contributed by atoms with Gasteiger partial charge in [0.2, 0.25) is 17.6 Å². The number of carbonyl (C=O) groups excluding carboxylic acids is 3. The van der Waals surface area contributed by atoms with Crippen LogP contribution in [-0.4, -0.2) is 74.3 Å². The Morgan fingerprint density at radius 1 is 1.04 bits per heavy atom. The molecule has 9 heteroatoms. The predicted molar refractivity (Wildman–Crippen MR) is 98.2 cm³/mol. The summed E-state index contributed by atoms with van der Waals surface area (Å²) in [5, 5.41) is 10.8. The normalized spacial score (nSPS) is 27.1. The van der Waals surface area contributed by atoms with Crippen LogP contribution in [0.5, 0.6) is 0 Å². The summed E-state index contributed by atoms with van der Waals surface area (Å²) in [6, 6.07) is 5.21. The van der Waals surface area contributed by atoms with Crippen molar-refractivity contribution in [2.24, 2.45) is 11.8 Å². The minimum absolute atomic E-state index is 0.0305. The number of hydrogen-bond acceptors (Lipinski definition) is 5. The van der Waals surface area contributed by atoms with Gasteiger partial charge in [0.15, 0.2) is 5.65 Å². The van der Waals surface area contributed by atoms with Gasteiger partial charge in [0, 0.05) is 32.4 Å². The lowest BCUT2D eigenvalue weighted by molar-refractivity contribution is -0.142. The summed E-state index contributed by atoms with van der Waals surface area (Å²) in [6.07, 6.45) is 4.00. The van der Waals surface area contributed by atoms with Gasteiger partial charge in [0.05, 0.1) is 6.42 Å². The second kappa shape index (κ2) is 6.57. The van der Waals surface area contributed by atoms with E-state index in [0.717, 1.165) is 19.4 Å². The first-order valence-corrected chi connectivity index (χ1v) is 9.77. The van der Waals surface area contributed by atoms with E-state index in [1.54, 1.807) is 10.6 Å². The Bertz CT molecular complexity index is 948. The number of nitrogens with zero attached hydrogens (tertiary/aromatic N) is 5. The van der Waals surface area contributed by atoms with Gasteiger partial charge in [-0.15, -0.1) is 10.2 Å². The molecule has 0 radical (unpaired) electrons. The number of aromatic nitrogens is 3. The first-order valence-electron chi connectivity index (χ1n) is 9.77. The second-order valence-corrected chi connectivity index (χ2v) is 7.91. The summed E-state index contributed by atoms with van der Waals surface area (Å²) >= 11 is 0. The van der Waals surface area contributed by atoms with Crippen LogP contribution in [0.4, 0.5) is 0 Å². The third-order valence-electron chi connectivity index (χ3n) is 6.24. The molecule has 0 aliphatic carbocycles. The zero-order valence-electron chi connectivity index (χ0n) is 15.5. The fraction of sp³-hybridized carbons (Fsp3) is 0.526. The van der Waals surface area contributed by atoms with Gasteiger partial charge >= 0.3 is 0 Å². The number of rotatable bonds is 3. The summed E-state index contributed by atoms with van der Waals surface area (Å²) < 4.78 is 1.72. The molecule has 2 aromatic heterocycles. The molecule has 2 aromatic rings. The average Bonchev–Trinajstić information content (AvgIpc) is 3.43. The van der Waals surface area contributed by atoms with E-state index < -0.39 is 0 Å². The molecule has 28 heavy (non-hydrogen) atoms. The highest BCUT2D eigenvalue weighted by Gasteiger charge is 2.41. The van der Waals surface area contributed by atoms with E-state index in [2.05, 4.69) is 15.5 Å². The van der Waals surface area contributed by atoms with Crippen molar-refractivity contribution < 1.29 is 14.4 Å². The van der Waals surface area contributed by atoms with Gasteiger partial charge in [-0.1, -0.05) is 6.07 Å². The van der Waals surface area contributed by atoms with Crippen molar-refractivity contribution in [1.82, 2.24) is 29.7 Å². The van der Waals surface area contributed by atoms with Crippen LogP contribution in [0.2, 0.25) is 0 Å². The fourth-order valence-electron chi connectivity index (χ4n) is 4.59. The Kier molecular flexibility index (Phi) is 4.03. The standard InChI is InChI=1S/C19H22N6O3/c26-16-9-14(20-16)18(27)23-7-4-12(10-23)13-5-8-24(11-13)19(28)17-22-21-15-3-1-2-6-25(15)17/h1-3,6,12-14H,4-5,7-11H2,(H,20,26). The van der Waals surface area contributed by atoms with Gasteiger partial charge in [0.25, 0.3) is 5.91 Å². The first-order chi connectivity index (χ1) is 13.6. The van der Waals surface area contributed by atoms with Crippen LogP contribution in [0.25, 0.3) is 5.65 Å². The third kappa shape index (κ3) is 2.81. The van der Waals surface area contributed by atoms with Crippen molar-refractivity contribution in [2.75, 3.05) is 26.2 Å². The lowest BCUT2D eigenvalue weighted by Crippen LogP contribution is -2.57. The van der Waals surface area contributed by atoms with Crippen LogP contribution in [0.15, 0.2) is 24.4 Å². The first kappa shape index (κ1) is 17.2. The predicted octanol–water partition coefficient (Wildman–Crippen LogP) is -0.0716. The molecule has 3 amide bonds. The number of fused-ring (bicyclic) bond motifs is 1. The van der Waals surface area contributed by atoms with Gasteiger partial charge in [-0.05, 0) is 36.8 Å². The molecule has 3 saturated heterocycles. The highest BCUT2D eigenvalue weighted by Crippen LogP contribution is 2.32. The summed E-state index contributed by atoms with van der Waals surface area (Å²) in [5.74, 6) is 1.01. The molecule has 5 heterocycles. The maximum atomic E-state index is 12.9. The Labute approximate surface area is 161 Å². The molecule has 5 rings (SSSR count). The van der Waals surface area contributed by atoms with E-state index >= 15 is 0 Å². The number of amides is 3. The molecule has 3 aliphatic heterocycles. The molecule has 1 N–H and O–H groups in total. The summed E-state index contributed by atoms with van der Waals surface area (Å²) in [6.45, 7) is 2.84. The summed E-state index contributed by atoms with van der Waals surface area (Å²) in [7, 11) is 0. The number of β-lactam (4-membered cyclic amide) rings is 1. The number of likely N-dealkylation sites (tertiary alicyclic amines) is 2. The largest absolute Gasteiger partial charge is 0.344 e. The van der Waals surface area contributed by atoms with E-state index in [1.807, 2.05) is 28.0 Å². The molecule has 3 fully saturated rings. The lowest BCUT2D eigenvalue weighted by atomic mass is 9.91. The van der Waals surface area contributed by atoms with Crippen molar-refractivity contribution in [3.05, 3.63) is 30.2 Å². The molecule has 0 bridgehead atoms. The van der Waals surface area contributed by atoms with Crippen LogP contribution in [0, 0.1) is 11.8 Å². The van der Waals surface area contributed by atoms with Crippen LogP contribution >= 0.6 is 0 Å². The lowest BCUT2D eigenvalue weighted by Gasteiger charge is -2.30. The second-order valence-electron chi connectivity index (χ2n) is 7.91. The molecular weight excluding hydrogens is 360 g/mol. The van der Waals surface area contributed by atoms with Crippen LogP contribution in [-0.2, 0) is 9.59 Å². The number of carbonyl (C=O) groups is 3. The minimum Gasteiger partial charge on any atom is -0.344 e. The fourth-order valence-corrected chi connectivity index (χ4v) is 4.59. The zero-order chi connectivity index (χ0) is 19.3. The molecule has 0 saturated carbocycles. The zero-order valence-corrected chi connectivity index (χ0v) is 15.5. The van der Waals surface area contributed by atoms with Gasteiger partial charge in [-0.3, -0.25) is 18.8 Å². The average molecular weight is 382 g/mol. The number of pyridine rings is 1. The van der Waals surface area contributed by atoms with E-state index in [9.17, 15) is 14.4 Å². The van der Waals surface area contributed by atoms with Crippen molar-refractivity contribution in [3.8, 4) is 0 Å². The molecule has 9 nitrogen and oxygen atoms in total. The van der Waals surface area contributed by atoms with Crippen LogP contribution in [0.1, 0.15) is 29.9 Å². The summed E-state index contributed by atoms with van der Waals surface area (Å²) in [5.41, 5.74) is 0.662. The van der Waals surface area contributed by atoms with E-state index in [-0.39, 0.29) is 23.8 Å². The van der Waals surface area contributed by atoms with Crippen molar-refractivity contribution in [1.29, 1.82) is 0 Å². The maximum absolute atomic E-state index is 12.9. The monoisotopic (exact) mass is 382 g/mol. The molecule has 0 spiro atoms. The van der Waals surface area contributed by atoms with Gasteiger partial charge < -0.3 is 15.1 Å². The third-order valence-corrected chi connectivity index (χ3v) is 6.24. The Balaban J connectivity index is 1.21. The number of hydrogen-bond donors (Lipinski definition) is 1. The minimum atomic E-state index is -0.339. The van der Waals surface area contributed by atoms with Crippen LogP contribution in [0.3, 0.4) is 0 Å². The van der Waals surface area contributed by atoms with E-state index in [1.165, 1.54) is 0 Å². The number of nitrogens with one attached hydrogen (secondary N) is 1. The Morgan fingerprint density at radius 3 is 2.50 bits per heavy atom. The molecule has 3 aliphatic rings. The Hall–Kier alpha value is -2.97. The molecular formula is C19H22N6O3. The van der Waals surface area contributed by atoms with Gasteiger partial charge in [-0.25, -0.2) is 0 Å². The highest BCUT2D eigenvalue weighted by atomic mass is 16.2. The van der Waals surface area contributed by atoms with E-state index in [4.69, 9.17) is 0 Å². The van der Waals surface area contributed by atoms with E-state index in [0.29, 0.717) is 49.4 Å². The van der Waals surface area contributed by atoms with Crippen molar-refractivity contribution in [3.63, 3.8) is 0 Å². The van der Waals surface area contributed by atoms with Crippen molar-refractivity contribution in [2.45, 2.75) is 25.3 Å². The SMILES string of the molecule is O=C1CC(C(=O)N2CCC(C3CCN(C(=O)c4nnc5ccccn45)C3)C2)N1. The molecule has 0 aromatic carbocycles. The van der Waals surface area contributed by atoms with Gasteiger partial charge in [0.1, 0.15) is 6.04 Å². The van der Waals surface area contributed by atoms with Crippen LogP contribution < -0.4 is 5.32 Å². The smallest absolute Gasteiger partial charge is 0.292 e. The molecule has 3 unspecified atom stereocenters. The quantitative estimate of drug-likeness (QED) is 0.749. The topological polar surface area (TPSA) is 99.9 Å². The molecule has 146 valence electrons. The van der Waals surface area contributed by atoms with Crippen molar-refractivity contribution >= 4 is 23.4 Å². The maximum Gasteiger partial charge on any atom is 0.292 e. The molecule has 3 atom stereocenters. The highest BCUT2D eigenvalue weighted by molar-refractivity contribution is 5.97. The van der Waals surface area contributed by atoms with Gasteiger partial charge in [-0.2, -0.15) is 0 Å².